The molecule has 1 aliphatic carbocycles. The van der Waals surface area contributed by atoms with Gasteiger partial charge in [-0.1, -0.05) is 0 Å². The highest BCUT2D eigenvalue weighted by Crippen LogP contribution is 2.17. The van der Waals surface area contributed by atoms with Crippen LogP contribution >= 0.6 is 0 Å². The van der Waals surface area contributed by atoms with Crippen LogP contribution in [0.5, 0.6) is 0 Å². The van der Waals surface area contributed by atoms with Gasteiger partial charge in [-0.15, -0.1) is 16.9 Å². The molecule has 1 fully saturated rings. The molecule has 0 bridgehead atoms. The van der Waals surface area contributed by atoms with E-state index in [0.717, 1.165) is 25.7 Å². The van der Waals surface area contributed by atoms with Gasteiger partial charge in [0.1, 0.15) is 12.6 Å². The number of esters is 1. The highest BCUT2D eigenvalue weighted by molar-refractivity contribution is 6.01. The molecule has 0 aromatic rings. The van der Waals surface area contributed by atoms with Crippen LogP contribution in [0.15, 0.2) is 0 Å². The van der Waals surface area contributed by atoms with E-state index in [1.54, 1.807) is 14.1 Å². The smallest absolute Gasteiger partial charge is 0.333 e. The highest BCUT2D eigenvalue weighted by atomic mass is 16.7. The van der Waals surface area contributed by atoms with E-state index in [9.17, 15) is 28.8 Å². The van der Waals surface area contributed by atoms with Crippen molar-refractivity contribution in [3.8, 4) is 11.8 Å². The minimum atomic E-state index is -0.829. The second-order valence-corrected chi connectivity index (χ2v) is 11.5. The number of hydroxylamine groups is 2. The normalized spacial score (nSPS) is 17.7. The number of likely N-dealkylation sites (N-methyl/N-ethyl adjacent to an activating group) is 1. The third-order valence-electron chi connectivity index (χ3n) is 7.01. The molecule has 2 rings (SSSR count). The fraction of sp³-hybridized carbons (Fsp3) is 0.724. The summed E-state index contributed by atoms with van der Waals surface area (Å²) >= 11 is 0. The topological polar surface area (TPSA) is 145 Å². The van der Waals surface area contributed by atoms with Gasteiger partial charge in [-0.25, -0.2) is 9.59 Å². The lowest BCUT2D eigenvalue weighted by molar-refractivity contribution is -0.815. The van der Waals surface area contributed by atoms with E-state index in [1.165, 1.54) is 0 Å². The van der Waals surface area contributed by atoms with Gasteiger partial charge in [0.2, 0.25) is 5.91 Å². The molecule has 4 amide bonds. The zero-order valence-corrected chi connectivity index (χ0v) is 24.8. The van der Waals surface area contributed by atoms with Crippen molar-refractivity contribution in [2.24, 2.45) is 0 Å². The third kappa shape index (κ3) is 12.8. The van der Waals surface area contributed by atoms with Crippen molar-refractivity contribution in [2.45, 2.75) is 103 Å². The maximum atomic E-state index is 12.8. The zero-order valence-electron chi connectivity index (χ0n) is 24.8. The molecule has 0 radical (unpaired) electrons. The first kappa shape index (κ1) is 33.9. The van der Waals surface area contributed by atoms with Gasteiger partial charge in [-0.05, 0) is 39.5 Å². The summed E-state index contributed by atoms with van der Waals surface area (Å²) in [7, 11) is 3.55. The van der Waals surface area contributed by atoms with E-state index in [1.807, 2.05) is 13.8 Å². The Hall–Kier alpha value is -3.30. The number of nitrogens with one attached hydrogen (secondary N) is 1. The molecule has 1 atom stereocenters. The van der Waals surface area contributed by atoms with Crippen molar-refractivity contribution in [1.29, 1.82) is 0 Å². The van der Waals surface area contributed by atoms with E-state index >= 15 is 0 Å². The fourth-order valence-corrected chi connectivity index (χ4v) is 4.21. The number of quaternary nitrogens is 1. The molecule has 12 nitrogen and oxygen atoms in total. The van der Waals surface area contributed by atoms with Crippen molar-refractivity contribution in [3.63, 3.8) is 0 Å². The van der Waals surface area contributed by atoms with E-state index in [-0.39, 0.29) is 66.9 Å². The van der Waals surface area contributed by atoms with Gasteiger partial charge in [-0.3, -0.25) is 23.7 Å². The number of amides is 4. The molecule has 1 heterocycles. The highest BCUT2D eigenvalue weighted by Gasteiger charge is 2.33. The van der Waals surface area contributed by atoms with Crippen LogP contribution in [0, 0.1) is 11.8 Å². The number of nitrogens with zero attached hydrogens (tertiary/aromatic N) is 2. The van der Waals surface area contributed by atoms with Crippen LogP contribution in [0.4, 0.5) is 0 Å². The minimum Gasteiger partial charge on any atom is -0.462 e. The molecule has 1 N–H and O–H groups in total. The minimum absolute atomic E-state index is 0.00492. The summed E-state index contributed by atoms with van der Waals surface area (Å²) in [5, 5.41) is 3.17. The van der Waals surface area contributed by atoms with Crippen LogP contribution in [0.25, 0.3) is 0 Å². The maximum absolute atomic E-state index is 12.8. The van der Waals surface area contributed by atoms with Gasteiger partial charge < -0.3 is 19.6 Å². The molecule has 0 saturated carbocycles. The molecular weight excluding hydrogens is 534 g/mol. The van der Waals surface area contributed by atoms with Crippen molar-refractivity contribution in [3.05, 3.63) is 0 Å². The van der Waals surface area contributed by atoms with Crippen molar-refractivity contribution in [1.82, 2.24) is 10.4 Å². The van der Waals surface area contributed by atoms with Crippen LogP contribution in [0.3, 0.4) is 0 Å². The Balaban J connectivity index is 1.60. The summed E-state index contributed by atoms with van der Waals surface area (Å²) in [6.45, 7) is 4.76. The molecule has 0 aromatic carbocycles. The lowest BCUT2D eigenvalue weighted by Crippen LogP contribution is -2.48. The number of ether oxygens (including phenoxy) is 2. The largest absolute Gasteiger partial charge is 0.462 e. The van der Waals surface area contributed by atoms with E-state index in [0.29, 0.717) is 37.6 Å². The average Bonchev–Trinajstić information content (AvgIpc) is 3.19. The Morgan fingerprint density at radius 2 is 1.61 bits per heavy atom. The quantitative estimate of drug-likeness (QED) is 0.133. The molecular formula is C29H44N3O9+. The van der Waals surface area contributed by atoms with E-state index in [2.05, 4.69) is 17.2 Å². The van der Waals surface area contributed by atoms with Crippen molar-refractivity contribution >= 4 is 35.6 Å². The second kappa shape index (κ2) is 16.2. The average molecular weight is 579 g/mol. The molecule has 1 unspecified atom stereocenters. The SMILES string of the molecule is CC(C)(CCNC(=O)CCC(=O)ON1C(=O)CCC1=O)OCC[N+](C)(C)C(=O)CCC(=O)OC1CCC#CCCC1. The summed E-state index contributed by atoms with van der Waals surface area (Å²) in [5.41, 5.74) is -0.586. The van der Waals surface area contributed by atoms with E-state index in [4.69, 9.17) is 14.3 Å². The Morgan fingerprint density at radius 3 is 2.32 bits per heavy atom. The summed E-state index contributed by atoms with van der Waals surface area (Å²) in [6, 6.07) is 0. The summed E-state index contributed by atoms with van der Waals surface area (Å²) in [5.74, 6) is 3.36. The number of hydrogen-bond acceptors (Lipinski definition) is 9. The molecule has 0 spiro atoms. The number of rotatable bonds is 15. The summed E-state index contributed by atoms with van der Waals surface area (Å²) < 4.78 is 11.6. The van der Waals surface area contributed by atoms with Crippen LogP contribution in [0.1, 0.15) is 90.9 Å². The van der Waals surface area contributed by atoms with Crippen molar-refractivity contribution < 1.29 is 47.6 Å². The Morgan fingerprint density at radius 1 is 0.951 bits per heavy atom. The molecule has 1 aliphatic heterocycles. The van der Waals surface area contributed by atoms with Crippen LogP contribution in [-0.4, -0.2) is 90.6 Å². The predicted molar refractivity (Wildman–Crippen MR) is 146 cm³/mol. The lowest BCUT2D eigenvalue weighted by Gasteiger charge is -2.30. The van der Waals surface area contributed by atoms with E-state index < -0.39 is 23.4 Å². The lowest BCUT2D eigenvalue weighted by atomic mass is 10.0. The van der Waals surface area contributed by atoms with Gasteiger partial charge in [0.25, 0.3) is 11.8 Å². The monoisotopic (exact) mass is 578 g/mol. The number of imide groups is 1. The zero-order chi connectivity index (χ0) is 30.5. The van der Waals surface area contributed by atoms with Gasteiger partial charge in [0.15, 0.2) is 0 Å². The van der Waals surface area contributed by atoms with Gasteiger partial charge in [-0.2, -0.15) is 0 Å². The summed E-state index contributed by atoms with van der Waals surface area (Å²) in [4.78, 5) is 76.7. The molecule has 0 aromatic heterocycles. The van der Waals surface area contributed by atoms with Crippen LogP contribution < -0.4 is 5.32 Å². The van der Waals surface area contributed by atoms with Crippen LogP contribution in [-0.2, 0) is 43.1 Å². The number of carbonyl (C=O) groups excluding carboxylic acids is 6. The first-order valence-corrected chi connectivity index (χ1v) is 14.3. The Bertz CT molecular complexity index is 1030. The third-order valence-corrected chi connectivity index (χ3v) is 7.01. The molecule has 228 valence electrons. The first-order valence-electron chi connectivity index (χ1n) is 14.3. The standard InChI is InChI=1S/C29H43N3O9/c1-29(2,18-19-30-23(33)12-16-28(38)41-31-24(34)13-14-25(31)35)39-21-20-32(3,4)26(36)15-17-27(37)40-22-10-8-6-5-7-9-11-22/h22H,6,8-21H2,1-4H3/p+1. The Kier molecular flexibility index (Phi) is 13.4. The number of hydrogen-bond donors (Lipinski definition) is 1. The predicted octanol–water partition coefficient (Wildman–Crippen LogP) is 1.94. The van der Waals surface area contributed by atoms with Gasteiger partial charge in [0, 0.05) is 38.6 Å². The van der Waals surface area contributed by atoms with Crippen LogP contribution in [0.2, 0.25) is 0 Å². The fourth-order valence-electron chi connectivity index (χ4n) is 4.21. The van der Waals surface area contributed by atoms with Gasteiger partial charge in [0.05, 0.1) is 45.6 Å². The molecule has 2 aliphatic rings. The first-order chi connectivity index (χ1) is 19.3. The molecule has 1 saturated heterocycles. The number of carbonyl (C=O) groups is 6. The molecule has 41 heavy (non-hydrogen) atoms. The second-order valence-electron chi connectivity index (χ2n) is 11.5. The Labute approximate surface area is 241 Å². The van der Waals surface area contributed by atoms with Crippen molar-refractivity contribution in [2.75, 3.05) is 33.8 Å². The summed E-state index contributed by atoms with van der Waals surface area (Å²) in [6.07, 6.45) is 4.04. The van der Waals surface area contributed by atoms with Gasteiger partial charge >= 0.3 is 17.8 Å². The maximum Gasteiger partial charge on any atom is 0.333 e. The molecule has 12 heteroatoms.